The van der Waals surface area contributed by atoms with E-state index in [9.17, 15) is 0 Å². The first-order valence-corrected chi connectivity index (χ1v) is 6.54. The van der Waals surface area contributed by atoms with Gasteiger partial charge in [-0.15, -0.1) is 0 Å². The van der Waals surface area contributed by atoms with Crippen molar-refractivity contribution in [3.63, 3.8) is 0 Å². The number of fused-ring (bicyclic) bond motifs is 1. The number of piperidine rings is 1. The van der Waals surface area contributed by atoms with Crippen molar-refractivity contribution in [3.05, 3.63) is 17.7 Å². The van der Waals surface area contributed by atoms with E-state index in [-0.39, 0.29) is 0 Å². The van der Waals surface area contributed by atoms with E-state index >= 15 is 0 Å². The molecule has 0 amide bonds. The quantitative estimate of drug-likeness (QED) is 0.889. The summed E-state index contributed by atoms with van der Waals surface area (Å²) in [5.41, 5.74) is 1.17. The van der Waals surface area contributed by atoms with Crippen LogP contribution >= 0.6 is 0 Å². The van der Waals surface area contributed by atoms with Crippen LogP contribution in [-0.2, 0) is 6.42 Å². The molecule has 1 fully saturated rings. The van der Waals surface area contributed by atoms with Crippen molar-refractivity contribution in [2.75, 3.05) is 27.0 Å². The zero-order valence-electron chi connectivity index (χ0n) is 10.7. The third kappa shape index (κ3) is 2.12. The van der Waals surface area contributed by atoms with E-state index in [1.807, 2.05) is 12.1 Å². The molecular weight excluding hydrogens is 230 g/mol. The van der Waals surface area contributed by atoms with E-state index in [0.717, 1.165) is 36.8 Å². The van der Waals surface area contributed by atoms with E-state index in [0.29, 0.717) is 12.7 Å². The van der Waals surface area contributed by atoms with E-state index in [2.05, 4.69) is 5.32 Å². The van der Waals surface area contributed by atoms with Crippen LogP contribution in [0.3, 0.4) is 0 Å². The summed E-state index contributed by atoms with van der Waals surface area (Å²) in [6.45, 7) is 2.54. The molecule has 0 atom stereocenters. The first-order valence-electron chi connectivity index (χ1n) is 6.54. The molecule has 4 heteroatoms. The Morgan fingerprint density at radius 2 is 2.11 bits per heavy atom. The van der Waals surface area contributed by atoms with Gasteiger partial charge in [0.2, 0.25) is 6.79 Å². The van der Waals surface area contributed by atoms with Crippen molar-refractivity contribution >= 4 is 0 Å². The maximum atomic E-state index is 5.60. The van der Waals surface area contributed by atoms with Crippen molar-refractivity contribution in [2.45, 2.75) is 19.3 Å². The second-order valence-corrected chi connectivity index (χ2v) is 4.88. The molecule has 3 rings (SSSR count). The molecule has 1 aromatic carbocycles. The van der Waals surface area contributed by atoms with Crippen LogP contribution in [0, 0.1) is 5.92 Å². The highest BCUT2D eigenvalue weighted by molar-refractivity contribution is 5.55. The summed E-state index contributed by atoms with van der Waals surface area (Å²) in [7, 11) is 1.71. The average molecular weight is 249 g/mol. The molecule has 2 heterocycles. The molecule has 2 aliphatic rings. The molecule has 0 unspecified atom stereocenters. The van der Waals surface area contributed by atoms with Crippen LogP contribution in [0.2, 0.25) is 0 Å². The number of rotatable bonds is 3. The normalized spacial score (nSPS) is 18.9. The molecule has 1 saturated heterocycles. The van der Waals surface area contributed by atoms with Gasteiger partial charge in [0.25, 0.3) is 0 Å². The second kappa shape index (κ2) is 5.06. The van der Waals surface area contributed by atoms with Crippen molar-refractivity contribution in [3.8, 4) is 17.2 Å². The maximum absolute atomic E-state index is 5.60. The van der Waals surface area contributed by atoms with Gasteiger partial charge in [0.1, 0.15) is 5.75 Å². The Kier molecular flexibility index (Phi) is 3.28. The fourth-order valence-corrected chi connectivity index (χ4v) is 2.77. The van der Waals surface area contributed by atoms with Crippen molar-refractivity contribution in [1.29, 1.82) is 0 Å². The number of ether oxygens (including phenoxy) is 3. The van der Waals surface area contributed by atoms with Gasteiger partial charge in [-0.05, 0) is 50.4 Å². The fraction of sp³-hybridized carbons (Fsp3) is 0.571. The lowest BCUT2D eigenvalue weighted by molar-refractivity contribution is 0.172. The van der Waals surface area contributed by atoms with Crippen LogP contribution in [0.25, 0.3) is 0 Å². The summed E-state index contributed by atoms with van der Waals surface area (Å²) < 4.78 is 16.5. The number of methoxy groups -OCH3 is 1. The monoisotopic (exact) mass is 249 g/mol. The van der Waals surface area contributed by atoms with Gasteiger partial charge in [-0.2, -0.15) is 0 Å². The van der Waals surface area contributed by atoms with Crippen molar-refractivity contribution in [2.24, 2.45) is 5.92 Å². The molecule has 2 aliphatic heterocycles. The van der Waals surface area contributed by atoms with Crippen LogP contribution in [0.4, 0.5) is 0 Å². The molecular formula is C14H19NO3. The Hall–Kier alpha value is -1.42. The Morgan fingerprint density at radius 1 is 1.28 bits per heavy atom. The Morgan fingerprint density at radius 3 is 2.89 bits per heavy atom. The minimum atomic E-state index is 0.321. The predicted octanol–water partition coefficient (Wildman–Crippen LogP) is 1.97. The SMILES string of the molecule is COc1ccc2c(c1CC1CCNCC1)OCO2. The molecule has 0 saturated carbocycles. The van der Waals surface area contributed by atoms with Crippen molar-refractivity contribution in [1.82, 2.24) is 5.32 Å². The zero-order valence-corrected chi connectivity index (χ0v) is 10.7. The van der Waals surface area contributed by atoms with Gasteiger partial charge in [0.15, 0.2) is 11.5 Å². The smallest absolute Gasteiger partial charge is 0.231 e. The van der Waals surface area contributed by atoms with Gasteiger partial charge in [0, 0.05) is 5.56 Å². The van der Waals surface area contributed by atoms with Crippen LogP contribution in [0.5, 0.6) is 17.2 Å². The summed E-state index contributed by atoms with van der Waals surface area (Å²) in [5.74, 6) is 3.35. The standard InChI is InChI=1S/C14H19NO3/c1-16-12-2-3-13-14(18-9-17-13)11(12)8-10-4-6-15-7-5-10/h2-3,10,15H,4-9H2,1H3. The minimum Gasteiger partial charge on any atom is -0.496 e. The van der Waals surface area contributed by atoms with E-state index < -0.39 is 0 Å². The molecule has 98 valence electrons. The van der Waals surface area contributed by atoms with Crippen LogP contribution in [0.1, 0.15) is 18.4 Å². The average Bonchev–Trinajstić information content (AvgIpc) is 2.89. The van der Waals surface area contributed by atoms with Gasteiger partial charge in [-0.1, -0.05) is 0 Å². The summed E-state index contributed by atoms with van der Waals surface area (Å²) in [6.07, 6.45) is 3.44. The molecule has 0 spiro atoms. The molecule has 1 N–H and O–H groups in total. The highest BCUT2D eigenvalue weighted by Gasteiger charge is 2.24. The van der Waals surface area contributed by atoms with E-state index in [1.165, 1.54) is 18.4 Å². The third-order valence-corrected chi connectivity index (χ3v) is 3.77. The minimum absolute atomic E-state index is 0.321. The summed E-state index contributed by atoms with van der Waals surface area (Å²) >= 11 is 0. The predicted molar refractivity (Wildman–Crippen MR) is 68.4 cm³/mol. The first-order chi connectivity index (χ1) is 8.88. The number of benzene rings is 1. The topological polar surface area (TPSA) is 39.7 Å². The summed E-state index contributed by atoms with van der Waals surface area (Å²) in [5, 5.41) is 3.39. The van der Waals surface area contributed by atoms with Crippen LogP contribution < -0.4 is 19.5 Å². The van der Waals surface area contributed by atoms with Gasteiger partial charge in [0.05, 0.1) is 7.11 Å². The Labute approximate surface area is 107 Å². The largest absolute Gasteiger partial charge is 0.496 e. The first kappa shape index (κ1) is 11.7. The molecule has 4 nitrogen and oxygen atoms in total. The fourth-order valence-electron chi connectivity index (χ4n) is 2.77. The van der Waals surface area contributed by atoms with Gasteiger partial charge < -0.3 is 19.5 Å². The van der Waals surface area contributed by atoms with Gasteiger partial charge >= 0.3 is 0 Å². The zero-order chi connectivity index (χ0) is 12.4. The molecule has 0 aliphatic carbocycles. The molecule has 18 heavy (non-hydrogen) atoms. The summed E-state index contributed by atoms with van der Waals surface area (Å²) in [4.78, 5) is 0. The summed E-state index contributed by atoms with van der Waals surface area (Å²) in [6, 6.07) is 3.90. The number of nitrogens with one attached hydrogen (secondary N) is 1. The number of hydrogen-bond donors (Lipinski definition) is 1. The lowest BCUT2D eigenvalue weighted by atomic mass is 9.90. The van der Waals surface area contributed by atoms with Gasteiger partial charge in [-0.25, -0.2) is 0 Å². The van der Waals surface area contributed by atoms with Crippen molar-refractivity contribution < 1.29 is 14.2 Å². The maximum Gasteiger partial charge on any atom is 0.231 e. The highest BCUT2D eigenvalue weighted by atomic mass is 16.7. The second-order valence-electron chi connectivity index (χ2n) is 4.88. The third-order valence-electron chi connectivity index (χ3n) is 3.77. The van der Waals surface area contributed by atoms with E-state index in [1.54, 1.807) is 7.11 Å². The Balaban J connectivity index is 1.86. The van der Waals surface area contributed by atoms with E-state index in [4.69, 9.17) is 14.2 Å². The molecule has 1 aromatic rings. The van der Waals surface area contributed by atoms with Crippen LogP contribution in [0.15, 0.2) is 12.1 Å². The Bertz CT molecular complexity index is 427. The molecule has 0 bridgehead atoms. The number of hydrogen-bond acceptors (Lipinski definition) is 4. The van der Waals surface area contributed by atoms with Gasteiger partial charge in [-0.3, -0.25) is 0 Å². The molecule has 0 radical (unpaired) electrons. The lowest BCUT2D eigenvalue weighted by Gasteiger charge is -2.23. The van der Waals surface area contributed by atoms with Crippen LogP contribution in [-0.4, -0.2) is 27.0 Å². The molecule has 0 aromatic heterocycles. The highest BCUT2D eigenvalue weighted by Crippen LogP contribution is 2.42. The lowest BCUT2D eigenvalue weighted by Crippen LogP contribution is -2.28.